The molecule has 0 atom stereocenters. The van der Waals surface area contributed by atoms with Crippen molar-refractivity contribution in [1.29, 1.82) is 0 Å². The lowest BCUT2D eigenvalue weighted by atomic mass is 10.3. The number of carbonyl (C=O) groups is 1. The molecule has 0 fully saturated rings. The molecule has 0 aliphatic carbocycles. The topological polar surface area (TPSA) is 43.6 Å². The van der Waals surface area contributed by atoms with Gasteiger partial charge in [-0.15, -0.1) is 6.58 Å². The van der Waals surface area contributed by atoms with Crippen LogP contribution in [0.4, 0.5) is 0 Å². The van der Waals surface area contributed by atoms with Crippen molar-refractivity contribution in [3.05, 3.63) is 70.0 Å². The molecule has 0 aliphatic rings. The molecule has 1 heterocycles. The summed E-state index contributed by atoms with van der Waals surface area (Å²) in [5.74, 6) is 0.470. The molecule has 0 N–H and O–H groups in total. The molecule has 1 amide bonds. The summed E-state index contributed by atoms with van der Waals surface area (Å²) in [6, 6.07) is 12.9. The van der Waals surface area contributed by atoms with E-state index in [1.807, 2.05) is 41.0 Å². The minimum absolute atomic E-state index is 0.186. The molecule has 0 aliphatic heterocycles. The highest BCUT2D eigenvalue weighted by Crippen LogP contribution is 2.29. The van der Waals surface area contributed by atoms with E-state index in [9.17, 15) is 4.79 Å². The first-order chi connectivity index (χ1) is 12.6. The molecule has 1 aromatic heterocycles. The number of fused-ring (bicyclic) bond motifs is 1. The third-order valence-corrected chi connectivity index (χ3v) is 5.09. The number of hydrogen-bond acceptors (Lipinski definition) is 3. The van der Waals surface area contributed by atoms with Crippen LogP contribution < -0.4 is 9.54 Å². The van der Waals surface area contributed by atoms with Crippen molar-refractivity contribution in [2.24, 2.45) is 4.99 Å². The van der Waals surface area contributed by atoms with Gasteiger partial charge >= 0.3 is 0 Å². The average Bonchev–Trinajstić information content (AvgIpc) is 2.93. The lowest BCUT2D eigenvalue weighted by molar-refractivity contribution is -0.118. The quantitative estimate of drug-likeness (QED) is 0.534. The number of halogens is 2. The van der Waals surface area contributed by atoms with Gasteiger partial charge in [0.05, 0.1) is 28.3 Å². The SMILES string of the molecule is C=CCn1c(=NC(=O)CCOc2ccccc2)sc2cc(Cl)cc(Cl)c21. The van der Waals surface area contributed by atoms with Gasteiger partial charge in [0.1, 0.15) is 5.75 Å². The Balaban J connectivity index is 1.83. The largest absolute Gasteiger partial charge is 0.493 e. The number of nitrogens with zero attached hydrogens (tertiary/aromatic N) is 2. The fourth-order valence-corrected chi connectivity index (χ4v) is 4.29. The fourth-order valence-electron chi connectivity index (χ4n) is 2.45. The summed E-state index contributed by atoms with van der Waals surface area (Å²) in [6.45, 7) is 4.52. The first-order valence-electron chi connectivity index (χ1n) is 7.93. The smallest absolute Gasteiger partial charge is 0.251 e. The minimum Gasteiger partial charge on any atom is -0.493 e. The average molecular weight is 407 g/mol. The number of allylic oxidation sites excluding steroid dienone is 1. The highest BCUT2D eigenvalue weighted by molar-refractivity contribution is 7.16. The minimum atomic E-state index is -0.257. The summed E-state index contributed by atoms with van der Waals surface area (Å²) >= 11 is 13.8. The van der Waals surface area contributed by atoms with E-state index < -0.39 is 0 Å². The second-order valence-electron chi connectivity index (χ2n) is 5.44. The van der Waals surface area contributed by atoms with Crippen LogP contribution in [-0.4, -0.2) is 17.1 Å². The molecule has 26 heavy (non-hydrogen) atoms. The van der Waals surface area contributed by atoms with Crippen LogP contribution in [0.3, 0.4) is 0 Å². The second-order valence-corrected chi connectivity index (χ2v) is 7.29. The molecule has 2 aromatic carbocycles. The van der Waals surface area contributed by atoms with Crippen LogP contribution in [0.2, 0.25) is 10.0 Å². The van der Waals surface area contributed by atoms with Gasteiger partial charge in [0.25, 0.3) is 5.91 Å². The van der Waals surface area contributed by atoms with E-state index in [2.05, 4.69) is 11.6 Å². The third-order valence-electron chi connectivity index (χ3n) is 3.56. The van der Waals surface area contributed by atoms with Gasteiger partial charge in [-0.1, -0.05) is 58.8 Å². The third kappa shape index (κ3) is 4.36. The molecular weight excluding hydrogens is 391 g/mol. The summed E-state index contributed by atoms with van der Waals surface area (Å²) in [6.07, 6.45) is 1.92. The van der Waals surface area contributed by atoms with Crippen LogP contribution in [0.5, 0.6) is 5.75 Å². The molecule has 0 radical (unpaired) electrons. The first-order valence-corrected chi connectivity index (χ1v) is 9.50. The van der Waals surface area contributed by atoms with E-state index in [1.54, 1.807) is 12.1 Å². The Labute approximate surface area is 165 Å². The molecule has 0 unspecified atom stereocenters. The molecule has 4 nitrogen and oxygen atoms in total. The van der Waals surface area contributed by atoms with Crippen molar-refractivity contribution >= 4 is 50.7 Å². The number of ether oxygens (including phenoxy) is 1. The normalized spacial score (nSPS) is 11.7. The van der Waals surface area contributed by atoms with Crippen molar-refractivity contribution in [1.82, 2.24) is 4.57 Å². The Morgan fingerprint density at radius 1 is 1.27 bits per heavy atom. The van der Waals surface area contributed by atoms with E-state index in [4.69, 9.17) is 27.9 Å². The van der Waals surface area contributed by atoms with Gasteiger partial charge in [-0.25, -0.2) is 0 Å². The zero-order chi connectivity index (χ0) is 18.5. The Morgan fingerprint density at radius 2 is 2.04 bits per heavy atom. The van der Waals surface area contributed by atoms with Crippen LogP contribution in [0.25, 0.3) is 10.2 Å². The van der Waals surface area contributed by atoms with Gasteiger partial charge in [-0.2, -0.15) is 4.99 Å². The van der Waals surface area contributed by atoms with Crippen molar-refractivity contribution < 1.29 is 9.53 Å². The van der Waals surface area contributed by atoms with E-state index in [-0.39, 0.29) is 18.9 Å². The van der Waals surface area contributed by atoms with Gasteiger partial charge in [0.15, 0.2) is 4.80 Å². The lowest BCUT2D eigenvalue weighted by Gasteiger charge is -2.04. The monoisotopic (exact) mass is 406 g/mol. The maximum Gasteiger partial charge on any atom is 0.251 e. The predicted molar refractivity (Wildman–Crippen MR) is 107 cm³/mol. The summed E-state index contributed by atoms with van der Waals surface area (Å²) in [4.78, 5) is 17.0. The van der Waals surface area contributed by atoms with Crippen LogP contribution in [0.1, 0.15) is 6.42 Å². The zero-order valence-corrected chi connectivity index (χ0v) is 16.2. The van der Waals surface area contributed by atoms with E-state index in [0.717, 1.165) is 16.0 Å². The van der Waals surface area contributed by atoms with Gasteiger partial charge in [0.2, 0.25) is 0 Å². The molecular formula is C19H16Cl2N2O2S. The predicted octanol–water partition coefficient (Wildman–Crippen LogP) is 5.09. The number of benzene rings is 2. The lowest BCUT2D eigenvalue weighted by Crippen LogP contribution is -2.17. The Hall–Kier alpha value is -2.08. The Morgan fingerprint density at radius 3 is 2.77 bits per heavy atom. The number of aromatic nitrogens is 1. The number of thiazole rings is 1. The van der Waals surface area contributed by atoms with Crippen molar-refractivity contribution in [3.63, 3.8) is 0 Å². The molecule has 3 rings (SSSR count). The number of carbonyl (C=O) groups excluding carboxylic acids is 1. The van der Waals surface area contributed by atoms with Crippen LogP contribution >= 0.6 is 34.5 Å². The van der Waals surface area contributed by atoms with Gasteiger partial charge in [0, 0.05) is 11.6 Å². The molecule has 0 spiro atoms. The van der Waals surface area contributed by atoms with Crippen LogP contribution in [-0.2, 0) is 11.3 Å². The molecule has 0 bridgehead atoms. The highest BCUT2D eigenvalue weighted by atomic mass is 35.5. The van der Waals surface area contributed by atoms with Gasteiger partial charge in [-0.3, -0.25) is 4.79 Å². The van der Waals surface area contributed by atoms with Crippen LogP contribution in [0.15, 0.2) is 60.1 Å². The molecule has 7 heteroatoms. The standard InChI is InChI=1S/C19H16Cl2N2O2S/c1-2-9-23-18-15(21)11-13(20)12-16(18)26-19(23)22-17(24)8-10-25-14-6-4-3-5-7-14/h2-7,11-12H,1,8-10H2. The van der Waals surface area contributed by atoms with E-state index >= 15 is 0 Å². The highest BCUT2D eigenvalue weighted by Gasteiger charge is 2.11. The fraction of sp³-hybridized carbons (Fsp3) is 0.158. The van der Waals surface area contributed by atoms with Crippen molar-refractivity contribution in [3.8, 4) is 5.75 Å². The summed E-state index contributed by atoms with van der Waals surface area (Å²) in [5.41, 5.74) is 0.799. The molecule has 134 valence electrons. The van der Waals surface area contributed by atoms with Gasteiger partial charge in [-0.05, 0) is 24.3 Å². The van der Waals surface area contributed by atoms with Gasteiger partial charge < -0.3 is 9.30 Å². The summed E-state index contributed by atoms with van der Waals surface area (Å²) < 4.78 is 8.28. The maximum absolute atomic E-state index is 12.2. The molecule has 0 saturated carbocycles. The first kappa shape index (κ1) is 18.7. The molecule has 0 saturated heterocycles. The second kappa shape index (κ2) is 8.54. The van der Waals surface area contributed by atoms with Crippen LogP contribution in [0, 0.1) is 0 Å². The van der Waals surface area contributed by atoms with E-state index in [0.29, 0.717) is 21.4 Å². The number of rotatable bonds is 6. The van der Waals surface area contributed by atoms with E-state index in [1.165, 1.54) is 11.3 Å². The maximum atomic E-state index is 12.2. The Kier molecular flexibility index (Phi) is 6.14. The Bertz CT molecular complexity index is 1010. The number of amides is 1. The zero-order valence-electron chi connectivity index (χ0n) is 13.8. The summed E-state index contributed by atoms with van der Waals surface area (Å²) in [7, 11) is 0. The molecule has 3 aromatic rings. The van der Waals surface area contributed by atoms with Crippen molar-refractivity contribution in [2.45, 2.75) is 13.0 Å². The van der Waals surface area contributed by atoms with Crippen molar-refractivity contribution in [2.75, 3.05) is 6.61 Å². The summed E-state index contributed by atoms with van der Waals surface area (Å²) in [5, 5.41) is 1.07. The number of para-hydroxylation sites is 1. The number of hydrogen-bond donors (Lipinski definition) is 0.